The summed E-state index contributed by atoms with van der Waals surface area (Å²) in [5.74, 6) is 0.358. The van der Waals surface area contributed by atoms with Crippen LogP contribution in [0.25, 0.3) is 6.08 Å². The van der Waals surface area contributed by atoms with E-state index in [4.69, 9.17) is 4.84 Å². The van der Waals surface area contributed by atoms with E-state index >= 15 is 0 Å². The molecule has 0 N–H and O–H groups in total. The minimum atomic E-state index is 0.153. The van der Waals surface area contributed by atoms with Gasteiger partial charge in [0.15, 0.2) is 0 Å². The molecule has 5 heteroatoms. The van der Waals surface area contributed by atoms with Crippen molar-refractivity contribution in [1.82, 2.24) is 9.80 Å². The Morgan fingerprint density at radius 3 is 2.53 bits per heavy atom. The van der Waals surface area contributed by atoms with Crippen LogP contribution in [0.15, 0.2) is 65.8 Å². The molecule has 5 nitrogen and oxygen atoms in total. The molecule has 2 aromatic rings. The molecule has 2 atom stereocenters. The number of rotatable bonds is 5. The van der Waals surface area contributed by atoms with Crippen molar-refractivity contribution in [2.24, 2.45) is 11.1 Å². The van der Waals surface area contributed by atoms with Crippen LogP contribution in [-0.4, -0.2) is 74.5 Å². The monoisotopic (exact) mass is 402 g/mol. The number of fused-ring (bicyclic) bond motifs is 3. The molecule has 2 aromatic carbocycles. The Bertz CT molecular complexity index is 918. The van der Waals surface area contributed by atoms with Gasteiger partial charge in [0.1, 0.15) is 6.10 Å². The smallest absolute Gasteiger partial charge is 0.150 e. The number of hydrogen-bond donors (Lipinski definition) is 0. The molecule has 0 radical (unpaired) electrons. The van der Waals surface area contributed by atoms with Crippen molar-refractivity contribution in [3.05, 3.63) is 71.8 Å². The lowest BCUT2D eigenvalue weighted by Crippen LogP contribution is -2.51. The fourth-order valence-corrected chi connectivity index (χ4v) is 4.78. The van der Waals surface area contributed by atoms with Crippen LogP contribution in [0.1, 0.15) is 11.1 Å². The average Bonchev–Trinajstić information content (AvgIpc) is 3.18. The number of hydrogen-bond acceptors (Lipinski definition) is 5. The zero-order valence-corrected chi connectivity index (χ0v) is 17.7. The summed E-state index contributed by atoms with van der Waals surface area (Å²) in [4.78, 5) is 13.4. The molecule has 1 fully saturated rings. The van der Waals surface area contributed by atoms with E-state index in [1.807, 2.05) is 0 Å². The first kappa shape index (κ1) is 19.3. The minimum absolute atomic E-state index is 0.153. The second-order valence-corrected chi connectivity index (χ2v) is 8.54. The van der Waals surface area contributed by atoms with Crippen LogP contribution in [0.4, 0.5) is 5.69 Å². The van der Waals surface area contributed by atoms with Crippen molar-refractivity contribution < 1.29 is 4.84 Å². The zero-order valence-electron chi connectivity index (χ0n) is 17.7. The van der Waals surface area contributed by atoms with Crippen molar-refractivity contribution >= 4 is 17.5 Å². The first-order chi connectivity index (χ1) is 14.8. The average molecular weight is 403 g/mol. The number of anilines is 1. The molecule has 0 bridgehead atoms. The largest absolute Gasteiger partial charge is 0.390 e. The van der Waals surface area contributed by atoms with Gasteiger partial charge in [-0.3, -0.25) is 9.80 Å². The summed E-state index contributed by atoms with van der Waals surface area (Å²) in [6, 6.07) is 19.1. The molecule has 0 aliphatic carbocycles. The Kier molecular flexibility index (Phi) is 5.56. The van der Waals surface area contributed by atoms with Gasteiger partial charge in [0.05, 0.1) is 11.6 Å². The number of oxime groups is 1. The van der Waals surface area contributed by atoms with Crippen LogP contribution in [0.5, 0.6) is 0 Å². The third-order valence-electron chi connectivity index (χ3n) is 6.52. The molecular weight excluding hydrogens is 372 g/mol. The van der Waals surface area contributed by atoms with Gasteiger partial charge >= 0.3 is 0 Å². The molecule has 3 aliphatic heterocycles. The highest BCUT2D eigenvalue weighted by atomic mass is 16.6. The van der Waals surface area contributed by atoms with Crippen LogP contribution in [-0.2, 0) is 4.84 Å². The van der Waals surface area contributed by atoms with Gasteiger partial charge in [0, 0.05) is 64.1 Å². The van der Waals surface area contributed by atoms with Crippen LogP contribution in [0, 0.1) is 5.92 Å². The molecule has 0 aromatic heterocycles. The fraction of sp³-hybridized carbons (Fsp3) is 0.400. The Balaban J connectivity index is 1.12. The molecule has 0 saturated carbocycles. The molecule has 0 amide bonds. The Labute approximate surface area is 179 Å². The van der Waals surface area contributed by atoms with E-state index in [9.17, 15) is 0 Å². The molecule has 0 unspecified atom stereocenters. The number of nitrogens with zero attached hydrogens (tertiary/aromatic N) is 4. The number of benzene rings is 2. The standard InChI is InChI=1S/C25H30N4O/c1-27-18-22-24(30-26-25(22)21-11-5-6-12-23(21)27)19-29-16-14-28(15-17-29)13-7-10-20-8-3-2-4-9-20/h2-12,22,24H,13-19H2,1H3/b10-7+/t22-,24-/m0/s1. The second kappa shape index (κ2) is 8.62. The summed E-state index contributed by atoms with van der Waals surface area (Å²) < 4.78 is 0. The molecule has 5 rings (SSSR count). The van der Waals surface area contributed by atoms with E-state index in [-0.39, 0.29) is 6.10 Å². The molecule has 1 saturated heterocycles. The SMILES string of the molecule is CN1C[C@@H]2C(=NO[C@H]2CN2CCN(C/C=C/c3ccccc3)CC2)c2ccccc21. The lowest BCUT2D eigenvalue weighted by Gasteiger charge is -2.37. The van der Waals surface area contributed by atoms with Crippen LogP contribution in [0.3, 0.4) is 0 Å². The van der Waals surface area contributed by atoms with E-state index in [0.717, 1.165) is 51.5 Å². The Morgan fingerprint density at radius 2 is 1.70 bits per heavy atom. The van der Waals surface area contributed by atoms with E-state index < -0.39 is 0 Å². The highest BCUT2D eigenvalue weighted by Gasteiger charge is 2.41. The van der Waals surface area contributed by atoms with Crippen LogP contribution < -0.4 is 4.90 Å². The van der Waals surface area contributed by atoms with E-state index in [1.54, 1.807) is 0 Å². The third-order valence-corrected chi connectivity index (χ3v) is 6.52. The van der Waals surface area contributed by atoms with Crippen LogP contribution in [0.2, 0.25) is 0 Å². The van der Waals surface area contributed by atoms with Gasteiger partial charge in [-0.25, -0.2) is 0 Å². The predicted octanol–water partition coefficient (Wildman–Crippen LogP) is 3.19. The highest BCUT2D eigenvalue weighted by Crippen LogP contribution is 2.35. The van der Waals surface area contributed by atoms with E-state index in [0.29, 0.717) is 5.92 Å². The summed E-state index contributed by atoms with van der Waals surface area (Å²) in [7, 11) is 2.17. The lowest BCUT2D eigenvalue weighted by molar-refractivity contribution is 0.0198. The zero-order chi connectivity index (χ0) is 20.3. The van der Waals surface area contributed by atoms with Crippen molar-refractivity contribution in [1.29, 1.82) is 0 Å². The third kappa shape index (κ3) is 4.00. The van der Waals surface area contributed by atoms with Gasteiger partial charge in [-0.2, -0.15) is 0 Å². The summed E-state index contributed by atoms with van der Waals surface area (Å²) in [6.07, 6.45) is 4.65. The first-order valence-corrected chi connectivity index (χ1v) is 11.0. The van der Waals surface area contributed by atoms with E-state index in [1.165, 1.54) is 16.8 Å². The molecule has 3 heterocycles. The summed E-state index contributed by atoms with van der Waals surface area (Å²) >= 11 is 0. The Hall–Kier alpha value is -2.63. The molecular formula is C25H30N4O. The Morgan fingerprint density at radius 1 is 0.967 bits per heavy atom. The maximum atomic E-state index is 5.94. The number of para-hydroxylation sites is 1. The highest BCUT2D eigenvalue weighted by molar-refractivity contribution is 6.09. The van der Waals surface area contributed by atoms with Gasteiger partial charge in [-0.1, -0.05) is 65.8 Å². The van der Waals surface area contributed by atoms with Gasteiger partial charge in [0.25, 0.3) is 0 Å². The quantitative estimate of drug-likeness (QED) is 0.769. The topological polar surface area (TPSA) is 31.3 Å². The summed E-state index contributed by atoms with van der Waals surface area (Å²) in [6.45, 7) is 7.34. The van der Waals surface area contributed by atoms with Crippen molar-refractivity contribution in [2.45, 2.75) is 6.10 Å². The second-order valence-electron chi connectivity index (χ2n) is 8.54. The maximum absolute atomic E-state index is 5.94. The number of piperazine rings is 1. The van der Waals surface area contributed by atoms with Crippen molar-refractivity contribution in [3.8, 4) is 0 Å². The van der Waals surface area contributed by atoms with Gasteiger partial charge in [0.2, 0.25) is 0 Å². The molecule has 0 spiro atoms. The molecule has 30 heavy (non-hydrogen) atoms. The maximum Gasteiger partial charge on any atom is 0.150 e. The summed E-state index contributed by atoms with van der Waals surface area (Å²) in [5.41, 5.74) is 4.89. The minimum Gasteiger partial charge on any atom is -0.390 e. The van der Waals surface area contributed by atoms with E-state index in [2.05, 4.69) is 93.7 Å². The summed E-state index contributed by atoms with van der Waals surface area (Å²) in [5, 5.41) is 4.51. The van der Waals surface area contributed by atoms with Gasteiger partial charge < -0.3 is 9.74 Å². The van der Waals surface area contributed by atoms with Crippen molar-refractivity contribution in [2.75, 3.05) is 57.8 Å². The normalized spacial score (nSPS) is 24.4. The lowest BCUT2D eigenvalue weighted by atomic mass is 9.87. The van der Waals surface area contributed by atoms with Crippen LogP contribution >= 0.6 is 0 Å². The van der Waals surface area contributed by atoms with Gasteiger partial charge in [-0.05, 0) is 11.6 Å². The predicted molar refractivity (Wildman–Crippen MR) is 123 cm³/mol. The molecule has 156 valence electrons. The molecule has 3 aliphatic rings. The first-order valence-electron chi connectivity index (χ1n) is 11.0. The van der Waals surface area contributed by atoms with Crippen molar-refractivity contribution in [3.63, 3.8) is 0 Å². The fourth-order valence-electron chi connectivity index (χ4n) is 4.78. The van der Waals surface area contributed by atoms with Gasteiger partial charge in [-0.15, -0.1) is 0 Å².